The second-order valence-electron chi connectivity index (χ2n) is 5.60. The van der Waals surface area contributed by atoms with Crippen molar-refractivity contribution >= 4 is 17.3 Å². The quantitative estimate of drug-likeness (QED) is 0.836. The molecule has 0 spiro atoms. The molecule has 0 fully saturated rings. The van der Waals surface area contributed by atoms with Crippen molar-refractivity contribution < 1.29 is 13.2 Å². The summed E-state index contributed by atoms with van der Waals surface area (Å²) in [4.78, 5) is 8.75. The van der Waals surface area contributed by atoms with Gasteiger partial charge in [0.15, 0.2) is 0 Å². The number of nitrogens with zero attached hydrogens (tertiary/aromatic N) is 3. The highest BCUT2D eigenvalue weighted by molar-refractivity contribution is 6.16. The number of rotatable bonds is 2. The van der Waals surface area contributed by atoms with E-state index >= 15 is 0 Å². The van der Waals surface area contributed by atoms with Crippen LogP contribution in [0.5, 0.6) is 0 Å². The maximum Gasteiger partial charge on any atom is 0.416 e. The van der Waals surface area contributed by atoms with Gasteiger partial charge in [0.2, 0.25) is 5.96 Å². The van der Waals surface area contributed by atoms with Crippen LogP contribution in [0.4, 0.5) is 24.5 Å². The third kappa shape index (κ3) is 2.34. The van der Waals surface area contributed by atoms with Crippen LogP contribution in [0.1, 0.15) is 11.1 Å². The molecule has 2 aromatic rings. The Hall–Kier alpha value is -2.50. The first-order chi connectivity index (χ1) is 11.0. The van der Waals surface area contributed by atoms with Gasteiger partial charge < -0.3 is 9.80 Å². The van der Waals surface area contributed by atoms with Gasteiger partial charge in [-0.3, -0.25) is 4.99 Å². The summed E-state index contributed by atoms with van der Waals surface area (Å²) in [5, 5.41) is 0. The summed E-state index contributed by atoms with van der Waals surface area (Å²) in [6.07, 6.45) is -4.30. The normalized spacial score (nSPS) is 16.4. The van der Waals surface area contributed by atoms with Gasteiger partial charge in [0.05, 0.1) is 30.0 Å². The van der Waals surface area contributed by atoms with E-state index in [0.717, 1.165) is 48.1 Å². The van der Waals surface area contributed by atoms with Crippen LogP contribution in [0.2, 0.25) is 0 Å². The van der Waals surface area contributed by atoms with E-state index in [-0.39, 0.29) is 0 Å². The monoisotopic (exact) mass is 317 g/mol. The highest BCUT2D eigenvalue weighted by Gasteiger charge is 2.35. The van der Waals surface area contributed by atoms with Gasteiger partial charge in [-0.05, 0) is 29.8 Å². The largest absolute Gasteiger partial charge is 0.416 e. The van der Waals surface area contributed by atoms with Crippen molar-refractivity contribution in [2.24, 2.45) is 4.99 Å². The van der Waals surface area contributed by atoms with E-state index in [1.807, 2.05) is 24.3 Å². The summed E-state index contributed by atoms with van der Waals surface area (Å²) in [5.74, 6) is 0.881. The summed E-state index contributed by atoms with van der Waals surface area (Å²) < 4.78 is 38.0. The number of fused-ring (bicyclic) bond motifs is 3. The Morgan fingerprint density at radius 3 is 2.35 bits per heavy atom. The van der Waals surface area contributed by atoms with E-state index in [4.69, 9.17) is 0 Å². The highest BCUT2D eigenvalue weighted by atomic mass is 19.4. The number of para-hydroxylation sites is 2. The molecule has 2 aliphatic heterocycles. The Bertz CT molecular complexity index is 765. The molecule has 0 amide bonds. The minimum Gasteiger partial charge on any atom is -0.308 e. The zero-order chi connectivity index (χ0) is 16.0. The molecule has 0 radical (unpaired) electrons. The average molecular weight is 317 g/mol. The molecule has 0 N–H and O–H groups in total. The van der Waals surface area contributed by atoms with Crippen molar-refractivity contribution in [2.45, 2.75) is 12.7 Å². The molecule has 0 aromatic heterocycles. The van der Waals surface area contributed by atoms with Gasteiger partial charge in [0, 0.05) is 6.54 Å². The number of guanidine groups is 1. The van der Waals surface area contributed by atoms with Crippen LogP contribution in [0.15, 0.2) is 53.5 Å². The average Bonchev–Trinajstić information content (AvgIpc) is 3.10. The van der Waals surface area contributed by atoms with E-state index in [2.05, 4.69) is 14.8 Å². The molecular formula is C17H14F3N3. The number of benzene rings is 2. The SMILES string of the molecule is FC(F)(F)c1ccc(CN2C3=NCCN3c3ccccc32)cc1. The zero-order valence-electron chi connectivity index (χ0n) is 12.2. The summed E-state index contributed by atoms with van der Waals surface area (Å²) in [7, 11) is 0. The van der Waals surface area contributed by atoms with Crippen LogP contribution in [0.25, 0.3) is 0 Å². The minimum atomic E-state index is -4.30. The number of hydrogen-bond donors (Lipinski definition) is 0. The topological polar surface area (TPSA) is 18.8 Å². The molecule has 118 valence electrons. The standard InChI is InChI=1S/C17H14F3N3/c18-17(19,20)13-7-5-12(6-8-13)11-23-15-4-2-1-3-14(15)22-10-9-21-16(22)23/h1-8H,9-11H2. The zero-order valence-corrected chi connectivity index (χ0v) is 12.2. The fraction of sp³-hybridized carbons (Fsp3) is 0.235. The Morgan fingerprint density at radius 1 is 0.957 bits per heavy atom. The predicted octanol–water partition coefficient (Wildman–Crippen LogP) is 3.90. The fourth-order valence-electron chi connectivity index (χ4n) is 3.06. The first kappa shape index (κ1) is 14.1. The Labute approximate surface area is 131 Å². The highest BCUT2D eigenvalue weighted by Crippen LogP contribution is 2.39. The number of halogens is 3. The van der Waals surface area contributed by atoms with Gasteiger partial charge in [0.25, 0.3) is 0 Å². The van der Waals surface area contributed by atoms with Gasteiger partial charge in [-0.1, -0.05) is 24.3 Å². The first-order valence-electron chi connectivity index (χ1n) is 7.39. The number of aliphatic imine (C=N–C) groups is 1. The van der Waals surface area contributed by atoms with Crippen LogP contribution in [0, 0.1) is 0 Å². The van der Waals surface area contributed by atoms with Crippen LogP contribution in [-0.2, 0) is 12.7 Å². The molecule has 0 unspecified atom stereocenters. The van der Waals surface area contributed by atoms with Crippen molar-refractivity contribution in [3.63, 3.8) is 0 Å². The molecule has 2 heterocycles. The summed E-state index contributed by atoms with van der Waals surface area (Å²) in [6, 6.07) is 13.3. The van der Waals surface area contributed by atoms with Crippen LogP contribution < -0.4 is 9.80 Å². The summed E-state index contributed by atoms with van der Waals surface area (Å²) >= 11 is 0. The van der Waals surface area contributed by atoms with Gasteiger partial charge in [-0.15, -0.1) is 0 Å². The van der Waals surface area contributed by atoms with Gasteiger partial charge >= 0.3 is 6.18 Å². The van der Waals surface area contributed by atoms with Gasteiger partial charge in [-0.2, -0.15) is 13.2 Å². The second-order valence-corrected chi connectivity index (χ2v) is 5.60. The molecule has 23 heavy (non-hydrogen) atoms. The van der Waals surface area contributed by atoms with Crippen molar-refractivity contribution in [3.05, 3.63) is 59.7 Å². The Balaban J connectivity index is 1.64. The summed E-state index contributed by atoms with van der Waals surface area (Å²) in [6.45, 7) is 2.09. The van der Waals surface area contributed by atoms with Crippen LogP contribution in [0.3, 0.4) is 0 Å². The van der Waals surface area contributed by atoms with E-state index in [1.165, 1.54) is 12.1 Å². The van der Waals surface area contributed by atoms with Crippen molar-refractivity contribution in [1.29, 1.82) is 0 Å². The lowest BCUT2D eigenvalue weighted by atomic mass is 10.1. The minimum absolute atomic E-state index is 0.504. The van der Waals surface area contributed by atoms with Crippen molar-refractivity contribution in [2.75, 3.05) is 22.9 Å². The fourth-order valence-corrected chi connectivity index (χ4v) is 3.06. The third-order valence-electron chi connectivity index (χ3n) is 4.14. The van der Waals surface area contributed by atoms with Gasteiger partial charge in [-0.25, -0.2) is 0 Å². The molecular weight excluding hydrogens is 303 g/mol. The molecule has 0 atom stereocenters. The van der Waals surface area contributed by atoms with Crippen molar-refractivity contribution in [1.82, 2.24) is 0 Å². The molecule has 2 aliphatic rings. The lowest BCUT2D eigenvalue weighted by molar-refractivity contribution is -0.137. The van der Waals surface area contributed by atoms with E-state index < -0.39 is 11.7 Å². The van der Waals surface area contributed by atoms with E-state index in [9.17, 15) is 13.2 Å². The molecule has 0 bridgehead atoms. The second kappa shape index (κ2) is 5.01. The maximum atomic E-state index is 12.7. The number of anilines is 2. The Morgan fingerprint density at radius 2 is 1.65 bits per heavy atom. The number of alkyl halides is 3. The molecule has 4 rings (SSSR count). The molecule has 0 saturated heterocycles. The molecule has 0 saturated carbocycles. The smallest absolute Gasteiger partial charge is 0.308 e. The van der Waals surface area contributed by atoms with Crippen molar-refractivity contribution in [3.8, 4) is 0 Å². The first-order valence-corrected chi connectivity index (χ1v) is 7.39. The molecule has 0 aliphatic carbocycles. The van der Waals surface area contributed by atoms with Crippen LogP contribution >= 0.6 is 0 Å². The maximum absolute atomic E-state index is 12.7. The third-order valence-corrected chi connectivity index (χ3v) is 4.14. The lowest BCUT2D eigenvalue weighted by Crippen LogP contribution is -2.34. The predicted molar refractivity (Wildman–Crippen MR) is 83.7 cm³/mol. The Kier molecular flexibility index (Phi) is 3.07. The molecule has 2 aromatic carbocycles. The van der Waals surface area contributed by atoms with E-state index in [1.54, 1.807) is 0 Å². The van der Waals surface area contributed by atoms with Crippen LogP contribution in [-0.4, -0.2) is 19.0 Å². The van der Waals surface area contributed by atoms with E-state index in [0.29, 0.717) is 6.54 Å². The summed E-state index contributed by atoms with van der Waals surface area (Å²) in [5.41, 5.74) is 2.36. The molecule has 3 nitrogen and oxygen atoms in total. The molecule has 6 heteroatoms. The number of hydrogen-bond acceptors (Lipinski definition) is 3. The lowest BCUT2D eigenvalue weighted by Gasteiger charge is -2.20. The van der Waals surface area contributed by atoms with Gasteiger partial charge in [0.1, 0.15) is 0 Å².